The molecular weight excluding hydrogens is 459 g/mol. The van der Waals surface area contributed by atoms with Crippen LogP contribution in [0.4, 0.5) is 10.1 Å². The standard InChI is InChI=1S/C25H29FN2O5S/c1-15(2)32-20-8-7-16(25(3,4)5)11-23(20)34(30,31)27-24(29)22-14-18-19(26)12-17(13-21(18)33-22)28-9-6-10-28/h7-8,11-15H,6,9-10H2,1-5H3,(H,27,29). The van der Waals surface area contributed by atoms with Crippen LogP contribution in [0.1, 0.15) is 57.2 Å². The molecule has 34 heavy (non-hydrogen) atoms. The van der Waals surface area contributed by atoms with Crippen molar-refractivity contribution in [2.75, 3.05) is 18.0 Å². The molecular formula is C25H29FN2O5S. The highest BCUT2D eigenvalue weighted by molar-refractivity contribution is 7.90. The number of furan rings is 1. The summed E-state index contributed by atoms with van der Waals surface area (Å²) in [5.74, 6) is -1.68. The molecule has 3 aromatic rings. The molecule has 2 heterocycles. The van der Waals surface area contributed by atoms with Crippen LogP contribution in [-0.4, -0.2) is 33.5 Å². The van der Waals surface area contributed by atoms with Gasteiger partial charge >= 0.3 is 5.91 Å². The van der Waals surface area contributed by atoms with Gasteiger partial charge in [0, 0.05) is 30.9 Å². The molecule has 2 aromatic carbocycles. The van der Waals surface area contributed by atoms with Crippen LogP contribution in [0.15, 0.2) is 45.7 Å². The number of anilines is 1. The number of hydrogen-bond donors (Lipinski definition) is 1. The average Bonchev–Trinajstić information content (AvgIpc) is 3.10. The Bertz CT molecular complexity index is 1350. The summed E-state index contributed by atoms with van der Waals surface area (Å²) in [6.07, 6.45) is 0.756. The van der Waals surface area contributed by atoms with Crippen LogP contribution >= 0.6 is 0 Å². The molecule has 0 spiro atoms. The summed E-state index contributed by atoms with van der Waals surface area (Å²) in [6.45, 7) is 11.1. The normalized spacial score (nSPS) is 14.4. The first-order valence-electron chi connectivity index (χ1n) is 11.2. The van der Waals surface area contributed by atoms with Gasteiger partial charge in [0.25, 0.3) is 10.0 Å². The Labute approximate surface area is 198 Å². The second-order valence-corrected chi connectivity index (χ2v) is 11.5. The lowest BCUT2D eigenvalue weighted by atomic mass is 9.87. The first kappa shape index (κ1) is 24.1. The lowest BCUT2D eigenvalue weighted by molar-refractivity contribution is 0.0956. The smallest absolute Gasteiger partial charge is 0.300 e. The van der Waals surface area contributed by atoms with Gasteiger partial charge in [-0.05, 0) is 49.4 Å². The lowest BCUT2D eigenvalue weighted by Gasteiger charge is -2.33. The Hall–Kier alpha value is -3.07. The number of carbonyl (C=O) groups is 1. The molecule has 7 nitrogen and oxygen atoms in total. The van der Waals surface area contributed by atoms with E-state index in [4.69, 9.17) is 9.15 Å². The van der Waals surface area contributed by atoms with E-state index in [9.17, 15) is 17.6 Å². The molecule has 4 rings (SSSR count). The number of halogens is 1. The molecule has 9 heteroatoms. The van der Waals surface area contributed by atoms with Gasteiger partial charge in [0.15, 0.2) is 5.76 Å². The average molecular weight is 489 g/mol. The van der Waals surface area contributed by atoms with E-state index in [0.29, 0.717) is 5.69 Å². The first-order chi connectivity index (χ1) is 15.8. The number of hydrogen-bond acceptors (Lipinski definition) is 6. The molecule has 1 aromatic heterocycles. The zero-order chi connectivity index (χ0) is 24.8. The van der Waals surface area contributed by atoms with Gasteiger partial charge in [-0.15, -0.1) is 0 Å². The van der Waals surface area contributed by atoms with E-state index in [1.807, 2.05) is 30.4 Å². The quantitative estimate of drug-likeness (QED) is 0.526. The van der Waals surface area contributed by atoms with Crippen LogP contribution in [0.25, 0.3) is 11.0 Å². The summed E-state index contributed by atoms with van der Waals surface area (Å²) >= 11 is 0. The molecule has 1 N–H and O–H groups in total. The zero-order valence-electron chi connectivity index (χ0n) is 19.9. The Morgan fingerprint density at radius 3 is 2.44 bits per heavy atom. The third-order valence-electron chi connectivity index (χ3n) is 5.71. The van der Waals surface area contributed by atoms with Crippen molar-refractivity contribution in [3.8, 4) is 5.75 Å². The van der Waals surface area contributed by atoms with Crippen LogP contribution in [-0.2, 0) is 15.4 Å². The van der Waals surface area contributed by atoms with Crippen molar-refractivity contribution in [2.45, 2.75) is 57.5 Å². The fourth-order valence-electron chi connectivity index (χ4n) is 3.71. The van der Waals surface area contributed by atoms with Crippen molar-refractivity contribution in [1.29, 1.82) is 0 Å². The fourth-order valence-corrected chi connectivity index (χ4v) is 4.83. The minimum Gasteiger partial charge on any atom is -0.490 e. The van der Waals surface area contributed by atoms with Gasteiger partial charge in [-0.25, -0.2) is 17.5 Å². The van der Waals surface area contributed by atoms with Gasteiger partial charge in [0.2, 0.25) is 0 Å². The maximum absolute atomic E-state index is 14.6. The highest BCUT2D eigenvalue weighted by atomic mass is 32.2. The van der Waals surface area contributed by atoms with Crippen molar-refractivity contribution in [3.05, 3.63) is 53.5 Å². The predicted octanol–water partition coefficient (Wildman–Crippen LogP) is 4.99. The van der Waals surface area contributed by atoms with Crippen molar-refractivity contribution >= 4 is 32.6 Å². The highest BCUT2D eigenvalue weighted by Gasteiger charge is 2.28. The second-order valence-electron chi connectivity index (χ2n) is 9.80. The number of nitrogens with zero attached hydrogens (tertiary/aromatic N) is 1. The largest absolute Gasteiger partial charge is 0.490 e. The van der Waals surface area contributed by atoms with E-state index < -0.39 is 21.7 Å². The van der Waals surface area contributed by atoms with Crippen molar-refractivity contribution in [1.82, 2.24) is 4.72 Å². The summed E-state index contributed by atoms with van der Waals surface area (Å²) in [6, 6.07) is 9.16. The van der Waals surface area contributed by atoms with Gasteiger partial charge in [0.05, 0.1) is 11.5 Å². The molecule has 182 valence electrons. The second kappa shape index (κ2) is 8.61. The molecule has 1 aliphatic rings. The number of benzene rings is 2. The SMILES string of the molecule is CC(C)Oc1ccc(C(C)(C)C)cc1S(=O)(=O)NC(=O)c1cc2c(F)cc(N3CCC3)cc2o1. The summed E-state index contributed by atoms with van der Waals surface area (Å²) in [4.78, 5) is 14.7. The summed E-state index contributed by atoms with van der Waals surface area (Å²) in [5, 5.41) is 0.116. The van der Waals surface area contributed by atoms with E-state index in [1.54, 1.807) is 32.0 Å². The monoisotopic (exact) mass is 488 g/mol. The number of sulfonamides is 1. The molecule has 1 fully saturated rings. The lowest BCUT2D eigenvalue weighted by Crippen LogP contribution is -2.36. The van der Waals surface area contributed by atoms with Crippen molar-refractivity contribution in [2.24, 2.45) is 0 Å². The van der Waals surface area contributed by atoms with E-state index in [0.717, 1.165) is 25.1 Å². The highest BCUT2D eigenvalue weighted by Crippen LogP contribution is 2.33. The molecule has 0 saturated carbocycles. The topological polar surface area (TPSA) is 88.8 Å². The van der Waals surface area contributed by atoms with Gasteiger partial charge in [-0.2, -0.15) is 0 Å². The first-order valence-corrected chi connectivity index (χ1v) is 12.7. The Morgan fingerprint density at radius 2 is 1.85 bits per heavy atom. The number of fused-ring (bicyclic) bond motifs is 1. The van der Waals surface area contributed by atoms with E-state index in [1.165, 1.54) is 18.2 Å². The molecule has 1 saturated heterocycles. The van der Waals surface area contributed by atoms with Gasteiger partial charge in [0.1, 0.15) is 22.0 Å². The number of nitrogens with one attached hydrogen (secondary N) is 1. The van der Waals surface area contributed by atoms with Crippen LogP contribution < -0.4 is 14.4 Å². The minimum atomic E-state index is -4.32. The van der Waals surface area contributed by atoms with Crippen molar-refractivity contribution in [3.63, 3.8) is 0 Å². The van der Waals surface area contributed by atoms with Gasteiger partial charge in [-0.1, -0.05) is 26.8 Å². The molecule has 1 aliphatic heterocycles. The van der Waals surface area contributed by atoms with E-state index in [-0.39, 0.29) is 38.9 Å². The zero-order valence-corrected chi connectivity index (χ0v) is 20.8. The summed E-state index contributed by atoms with van der Waals surface area (Å²) in [7, 11) is -4.32. The van der Waals surface area contributed by atoms with Gasteiger partial charge in [-0.3, -0.25) is 4.79 Å². The maximum atomic E-state index is 14.6. The number of ether oxygens (including phenoxy) is 1. The van der Waals surface area contributed by atoms with Crippen LogP contribution in [0.2, 0.25) is 0 Å². The molecule has 0 radical (unpaired) electrons. The number of rotatable bonds is 6. The van der Waals surface area contributed by atoms with Crippen LogP contribution in [0.5, 0.6) is 5.75 Å². The van der Waals surface area contributed by atoms with Crippen LogP contribution in [0.3, 0.4) is 0 Å². The molecule has 1 amide bonds. The third kappa shape index (κ3) is 4.75. The molecule has 0 unspecified atom stereocenters. The van der Waals surface area contributed by atoms with Gasteiger partial charge < -0.3 is 14.1 Å². The Morgan fingerprint density at radius 1 is 1.15 bits per heavy atom. The molecule has 0 atom stereocenters. The maximum Gasteiger partial charge on any atom is 0.300 e. The number of carbonyl (C=O) groups excluding carboxylic acids is 1. The Kier molecular flexibility index (Phi) is 6.10. The van der Waals surface area contributed by atoms with E-state index in [2.05, 4.69) is 0 Å². The van der Waals surface area contributed by atoms with Crippen LogP contribution in [0, 0.1) is 5.82 Å². The molecule has 0 bridgehead atoms. The predicted molar refractivity (Wildman–Crippen MR) is 129 cm³/mol. The summed E-state index contributed by atoms with van der Waals surface area (Å²) in [5.41, 5.74) is 1.29. The van der Waals surface area contributed by atoms with E-state index >= 15 is 0 Å². The Balaban J connectivity index is 1.67. The summed E-state index contributed by atoms with van der Waals surface area (Å²) < 4.78 is 54.4. The fraction of sp³-hybridized carbons (Fsp3) is 0.400. The third-order valence-corrected chi connectivity index (χ3v) is 7.06. The number of amides is 1. The molecule has 0 aliphatic carbocycles. The minimum absolute atomic E-state index is 0.116. The van der Waals surface area contributed by atoms with Crippen molar-refractivity contribution < 1.29 is 26.8 Å².